The van der Waals surface area contributed by atoms with E-state index in [2.05, 4.69) is 10.6 Å². The Morgan fingerprint density at radius 3 is 2.95 bits per heavy atom. The summed E-state index contributed by atoms with van der Waals surface area (Å²) in [6.07, 6.45) is 2.86. The number of carbonyl (C=O) groups is 1. The highest BCUT2D eigenvalue weighted by atomic mass is 35.5. The molecule has 1 aromatic carbocycles. The number of carbonyl (C=O) groups excluding carboxylic acids is 1. The van der Waals surface area contributed by atoms with Crippen molar-refractivity contribution in [3.63, 3.8) is 0 Å². The van der Waals surface area contributed by atoms with Crippen LogP contribution in [0.2, 0.25) is 5.02 Å². The van der Waals surface area contributed by atoms with Crippen LogP contribution in [-0.2, 0) is 0 Å². The van der Waals surface area contributed by atoms with E-state index >= 15 is 0 Å². The lowest BCUT2D eigenvalue weighted by Crippen LogP contribution is -2.46. The molecule has 1 fully saturated rings. The maximum Gasteiger partial charge on any atom is 0.319 e. The van der Waals surface area contributed by atoms with Gasteiger partial charge in [0.15, 0.2) is 0 Å². The van der Waals surface area contributed by atoms with Crippen molar-refractivity contribution >= 4 is 23.3 Å². The Hall–Kier alpha value is -1.26. The minimum absolute atomic E-state index is 0.00780. The lowest BCUT2D eigenvalue weighted by atomic mass is 9.86. The predicted molar refractivity (Wildman–Crippen MR) is 81.2 cm³/mol. The zero-order valence-electron chi connectivity index (χ0n) is 11.9. The van der Waals surface area contributed by atoms with Gasteiger partial charge in [0.25, 0.3) is 0 Å². The number of halogens is 1. The van der Waals surface area contributed by atoms with E-state index in [0.29, 0.717) is 10.7 Å². The van der Waals surface area contributed by atoms with Gasteiger partial charge in [-0.1, -0.05) is 31.0 Å². The fourth-order valence-electron chi connectivity index (χ4n) is 2.66. The molecule has 1 aliphatic rings. The van der Waals surface area contributed by atoms with Gasteiger partial charge in [-0.15, -0.1) is 0 Å². The monoisotopic (exact) mass is 296 g/mol. The molecule has 110 valence electrons. The van der Waals surface area contributed by atoms with E-state index in [0.717, 1.165) is 24.8 Å². The van der Waals surface area contributed by atoms with E-state index in [9.17, 15) is 9.90 Å². The van der Waals surface area contributed by atoms with Crippen molar-refractivity contribution in [3.05, 3.63) is 28.8 Å². The Morgan fingerprint density at radius 2 is 2.30 bits per heavy atom. The molecule has 0 unspecified atom stereocenters. The number of hydrogen-bond acceptors (Lipinski definition) is 2. The fraction of sp³-hybridized carbons (Fsp3) is 0.533. The molecule has 0 radical (unpaired) electrons. The molecule has 0 aliphatic heterocycles. The van der Waals surface area contributed by atoms with Crippen molar-refractivity contribution in [1.29, 1.82) is 0 Å². The van der Waals surface area contributed by atoms with Gasteiger partial charge in [0.2, 0.25) is 0 Å². The molecule has 4 nitrogen and oxygen atoms in total. The number of rotatable bonds is 3. The smallest absolute Gasteiger partial charge is 0.319 e. The highest BCUT2D eigenvalue weighted by Gasteiger charge is 2.39. The Labute approximate surface area is 124 Å². The van der Waals surface area contributed by atoms with Crippen LogP contribution in [0.3, 0.4) is 0 Å². The topological polar surface area (TPSA) is 61.4 Å². The summed E-state index contributed by atoms with van der Waals surface area (Å²) in [6.45, 7) is 4.01. The summed E-state index contributed by atoms with van der Waals surface area (Å²) in [6, 6.07) is 5.17. The molecule has 0 aromatic heterocycles. The summed E-state index contributed by atoms with van der Waals surface area (Å²) in [5.41, 5.74) is 1.42. The Kier molecular flexibility index (Phi) is 4.55. The van der Waals surface area contributed by atoms with Gasteiger partial charge in [0.05, 0.1) is 6.61 Å². The zero-order chi connectivity index (χ0) is 14.8. The fourth-order valence-corrected chi connectivity index (χ4v) is 2.84. The van der Waals surface area contributed by atoms with Gasteiger partial charge in [-0.2, -0.15) is 0 Å². The van der Waals surface area contributed by atoms with Gasteiger partial charge in [0, 0.05) is 22.2 Å². The molecule has 5 heteroatoms. The van der Waals surface area contributed by atoms with Gasteiger partial charge >= 0.3 is 6.03 Å². The number of hydrogen-bond donors (Lipinski definition) is 3. The third-order valence-corrected chi connectivity index (χ3v) is 4.59. The molecule has 0 bridgehead atoms. The minimum Gasteiger partial charge on any atom is -0.396 e. The Balaban J connectivity index is 1.97. The van der Waals surface area contributed by atoms with Gasteiger partial charge < -0.3 is 15.7 Å². The van der Waals surface area contributed by atoms with Crippen LogP contribution in [0.4, 0.5) is 10.5 Å². The van der Waals surface area contributed by atoms with Crippen molar-refractivity contribution in [2.75, 3.05) is 11.9 Å². The molecule has 1 aliphatic carbocycles. The number of anilines is 1. The first-order chi connectivity index (χ1) is 9.44. The molecular formula is C15H21ClN2O2. The lowest BCUT2D eigenvalue weighted by molar-refractivity contribution is 0.122. The van der Waals surface area contributed by atoms with Crippen molar-refractivity contribution < 1.29 is 9.90 Å². The maximum atomic E-state index is 12.0. The van der Waals surface area contributed by atoms with E-state index in [1.807, 2.05) is 26.0 Å². The second kappa shape index (κ2) is 6.02. The highest BCUT2D eigenvalue weighted by molar-refractivity contribution is 6.31. The molecule has 0 spiro atoms. The van der Waals surface area contributed by atoms with E-state index in [1.165, 1.54) is 0 Å². The standard InChI is InChI=1S/C15H21ClN2O2/c1-10-5-6-11(8-12(10)16)17-14(20)18-13-4-3-7-15(13,2)9-19/h5-6,8,13,19H,3-4,7,9H2,1-2H3,(H2,17,18,20)/t13-,15-/m1/s1. The van der Waals surface area contributed by atoms with Gasteiger partial charge in [0.1, 0.15) is 0 Å². The third-order valence-electron chi connectivity index (χ3n) is 4.18. The molecule has 2 rings (SSSR count). The number of urea groups is 1. The molecular weight excluding hydrogens is 276 g/mol. The Bertz CT molecular complexity index is 507. The van der Waals surface area contributed by atoms with Gasteiger partial charge in [-0.25, -0.2) is 4.79 Å². The zero-order valence-corrected chi connectivity index (χ0v) is 12.6. The second-order valence-electron chi connectivity index (χ2n) is 5.82. The Morgan fingerprint density at radius 1 is 1.55 bits per heavy atom. The number of aliphatic hydroxyl groups is 1. The van der Waals surface area contributed by atoms with Gasteiger partial charge in [-0.3, -0.25) is 0 Å². The summed E-state index contributed by atoms with van der Waals surface area (Å²) in [5.74, 6) is 0. The molecule has 1 saturated carbocycles. The first-order valence-electron chi connectivity index (χ1n) is 6.89. The van der Waals surface area contributed by atoms with Crippen LogP contribution in [-0.4, -0.2) is 23.8 Å². The summed E-state index contributed by atoms with van der Waals surface area (Å²) in [5, 5.41) is 15.8. The second-order valence-corrected chi connectivity index (χ2v) is 6.23. The molecule has 1 aromatic rings. The number of aryl methyl sites for hydroxylation is 1. The van der Waals surface area contributed by atoms with E-state index < -0.39 is 0 Å². The first-order valence-corrected chi connectivity index (χ1v) is 7.27. The number of benzene rings is 1. The molecule has 2 amide bonds. The van der Waals surface area contributed by atoms with Crippen LogP contribution in [0.1, 0.15) is 31.7 Å². The van der Waals surface area contributed by atoms with E-state index in [1.54, 1.807) is 6.07 Å². The van der Waals surface area contributed by atoms with Gasteiger partial charge in [-0.05, 0) is 37.5 Å². The van der Waals surface area contributed by atoms with Crippen molar-refractivity contribution in [2.45, 2.75) is 39.2 Å². The molecule has 0 heterocycles. The van der Waals surface area contributed by atoms with Crippen molar-refractivity contribution in [1.82, 2.24) is 5.32 Å². The predicted octanol–water partition coefficient (Wildman–Crippen LogP) is 3.32. The summed E-state index contributed by atoms with van der Waals surface area (Å²) in [4.78, 5) is 12.0. The van der Waals surface area contributed by atoms with Crippen LogP contribution in [0.5, 0.6) is 0 Å². The molecule has 20 heavy (non-hydrogen) atoms. The number of aliphatic hydroxyl groups excluding tert-OH is 1. The van der Waals surface area contributed by atoms with Crippen molar-refractivity contribution in [3.8, 4) is 0 Å². The normalized spacial score (nSPS) is 25.5. The van der Waals surface area contributed by atoms with Crippen LogP contribution in [0.15, 0.2) is 18.2 Å². The summed E-state index contributed by atoms with van der Waals surface area (Å²) < 4.78 is 0. The highest BCUT2D eigenvalue weighted by Crippen LogP contribution is 2.37. The quantitative estimate of drug-likeness (QED) is 0.801. The largest absolute Gasteiger partial charge is 0.396 e. The SMILES string of the molecule is Cc1ccc(NC(=O)N[C@@H]2CCC[C@]2(C)CO)cc1Cl. The minimum atomic E-state index is -0.253. The van der Waals surface area contributed by atoms with Crippen LogP contribution in [0.25, 0.3) is 0 Å². The molecule has 0 saturated heterocycles. The number of amides is 2. The number of nitrogens with one attached hydrogen (secondary N) is 2. The van der Waals surface area contributed by atoms with Crippen molar-refractivity contribution in [2.24, 2.45) is 5.41 Å². The van der Waals surface area contributed by atoms with Crippen LogP contribution >= 0.6 is 11.6 Å². The summed E-state index contributed by atoms with van der Waals surface area (Å²) in [7, 11) is 0. The van der Waals surface area contributed by atoms with Crippen LogP contribution in [0, 0.1) is 12.3 Å². The first kappa shape index (κ1) is 15.1. The van der Waals surface area contributed by atoms with Crippen LogP contribution < -0.4 is 10.6 Å². The molecule has 3 N–H and O–H groups in total. The lowest BCUT2D eigenvalue weighted by Gasteiger charge is -2.30. The summed E-state index contributed by atoms with van der Waals surface area (Å²) >= 11 is 6.03. The molecule has 2 atom stereocenters. The average Bonchev–Trinajstić information content (AvgIpc) is 2.76. The van der Waals surface area contributed by atoms with E-state index in [-0.39, 0.29) is 24.1 Å². The average molecular weight is 297 g/mol. The third kappa shape index (κ3) is 3.25. The maximum absolute atomic E-state index is 12.0. The van der Waals surface area contributed by atoms with E-state index in [4.69, 9.17) is 11.6 Å².